The third kappa shape index (κ3) is 2.75. The van der Waals surface area contributed by atoms with Crippen molar-refractivity contribution in [1.82, 2.24) is 0 Å². The van der Waals surface area contributed by atoms with Crippen molar-refractivity contribution in [2.24, 2.45) is 56.7 Å². The Labute approximate surface area is 201 Å². The molecule has 5 rings (SSSR count). The van der Waals surface area contributed by atoms with Crippen LogP contribution >= 0.6 is 0 Å². The third-order valence-corrected chi connectivity index (χ3v) is 13.4. The summed E-state index contributed by atoms with van der Waals surface area (Å²) in [6.07, 6.45) is 11.6. The van der Waals surface area contributed by atoms with Crippen LogP contribution < -0.4 is 0 Å². The summed E-state index contributed by atoms with van der Waals surface area (Å²) in [7, 11) is 0. The maximum atomic E-state index is 12.8. The minimum atomic E-state index is -0.557. The number of aliphatic hydroxyl groups is 1. The number of carboxylic acids is 1. The smallest absolute Gasteiger partial charge is 0.310 e. The van der Waals surface area contributed by atoms with Crippen LogP contribution in [-0.4, -0.2) is 22.3 Å². The second-order valence-electron chi connectivity index (χ2n) is 14.5. The van der Waals surface area contributed by atoms with Crippen molar-refractivity contribution < 1.29 is 15.0 Å². The molecule has 2 N–H and O–H groups in total. The van der Waals surface area contributed by atoms with Gasteiger partial charge in [0.05, 0.1) is 11.5 Å². The first-order chi connectivity index (χ1) is 15.3. The Morgan fingerprint density at radius 1 is 0.909 bits per heavy atom. The van der Waals surface area contributed by atoms with Gasteiger partial charge >= 0.3 is 5.97 Å². The number of aliphatic hydroxyl groups excluding tert-OH is 1. The molecule has 5 aliphatic carbocycles. The van der Waals surface area contributed by atoms with Crippen LogP contribution in [0.5, 0.6) is 0 Å². The monoisotopic (exact) mass is 456 g/mol. The van der Waals surface area contributed by atoms with Crippen LogP contribution in [0.2, 0.25) is 0 Å². The predicted molar refractivity (Wildman–Crippen MR) is 133 cm³/mol. The molecular formula is C30H48O3. The van der Waals surface area contributed by atoms with Gasteiger partial charge < -0.3 is 10.2 Å². The third-order valence-electron chi connectivity index (χ3n) is 13.4. The van der Waals surface area contributed by atoms with Crippen LogP contribution in [0.25, 0.3) is 0 Å². The zero-order chi connectivity index (χ0) is 24.2. The Morgan fingerprint density at radius 2 is 1.61 bits per heavy atom. The van der Waals surface area contributed by atoms with E-state index in [-0.39, 0.29) is 33.7 Å². The van der Waals surface area contributed by atoms with Crippen molar-refractivity contribution in [1.29, 1.82) is 0 Å². The van der Waals surface area contributed by atoms with E-state index in [1.807, 2.05) is 0 Å². The topological polar surface area (TPSA) is 57.5 Å². The lowest BCUT2D eigenvalue weighted by atomic mass is 9.33. The zero-order valence-electron chi connectivity index (χ0n) is 22.2. The fourth-order valence-electron chi connectivity index (χ4n) is 10.8. The SMILES string of the molecule is C[C@H]1[C@H](C)CC[C@]2(C(=O)O)CC[C@]3(C)C(=CC[C@H]4[C@@]5(C)CC[C@H](O)C(C)(C)[C@@H]5CC[C@]43C)[C@H]12. The van der Waals surface area contributed by atoms with Gasteiger partial charge in [0.1, 0.15) is 0 Å². The summed E-state index contributed by atoms with van der Waals surface area (Å²) in [6.45, 7) is 17.0. The van der Waals surface area contributed by atoms with Crippen molar-refractivity contribution in [3.63, 3.8) is 0 Å². The first kappa shape index (κ1) is 23.9. The minimum absolute atomic E-state index is 0.0302. The van der Waals surface area contributed by atoms with E-state index in [0.29, 0.717) is 23.7 Å². The number of rotatable bonds is 1. The van der Waals surface area contributed by atoms with E-state index in [1.165, 1.54) is 18.4 Å². The Morgan fingerprint density at radius 3 is 2.27 bits per heavy atom. The molecular weight excluding hydrogens is 408 g/mol. The number of fused-ring (bicyclic) bond motifs is 7. The average Bonchev–Trinajstić information content (AvgIpc) is 2.74. The van der Waals surface area contributed by atoms with Gasteiger partial charge in [-0.25, -0.2) is 0 Å². The normalized spacial score (nSPS) is 55.3. The largest absolute Gasteiger partial charge is 0.481 e. The van der Waals surface area contributed by atoms with E-state index < -0.39 is 11.4 Å². The molecule has 0 aromatic heterocycles. The quantitative estimate of drug-likeness (QED) is 0.414. The van der Waals surface area contributed by atoms with E-state index in [1.54, 1.807) is 0 Å². The van der Waals surface area contributed by atoms with Crippen molar-refractivity contribution in [2.45, 2.75) is 112 Å². The molecule has 3 nitrogen and oxygen atoms in total. The highest BCUT2D eigenvalue weighted by Gasteiger charge is 2.69. The number of hydrogen-bond acceptors (Lipinski definition) is 2. The molecule has 10 atom stereocenters. The number of carboxylic acid groups (broad SMARTS) is 1. The van der Waals surface area contributed by atoms with Crippen molar-refractivity contribution >= 4 is 5.97 Å². The first-order valence-electron chi connectivity index (χ1n) is 13.9. The molecule has 0 aliphatic heterocycles. The molecule has 5 aliphatic rings. The van der Waals surface area contributed by atoms with Crippen LogP contribution in [0.15, 0.2) is 11.6 Å². The number of hydrogen-bond donors (Lipinski definition) is 2. The summed E-state index contributed by atoms with van der Waals surface area (Å²) in [5.74, 6) is 1.82. The molecule has 186 valence electrons. The van der Waals surface area contributed by atoms with Crippen molar-refractivity contribution in [3.8, 4) is 0 Å². The van der Waals surface area contributed by atoms with Gasteiger partial charge in [-0.3, -0.25) is 4.79 Å². The van der Waals surface area contributed by atoms with Gasteiger partial charge in [-0.05, 0) is 109 Å². The van der Waals surface area contributed by atoms with Gasteiger partial charge in [0.2, 0.25) is 0 Å². The highest BCUT2D eigenvalue weighted by molar-refractivity contribution is 5.76. The molecule has 33 heavy (non-hydrogen) atoms. The maximum absolute atomic E-state index is 12.8. The fourth-order valence-corrected chi connectivity index (χ4v) is 10.8. The molecule has 0 saturated heterocycles. The molecule has 0 radical (unpaired) electrons. The lowest BCUT2D eigenvalue weighted by Crippen LogP contribution is -2.65. The summed E-state index contributed by atoms with van der Waals surface area (Å²) in [5, 5.41) is 21.4. The van der Waals surface area contributed by atoms with Crippen LogP contribution in [0.4, 0.5) is 0 Å². The average molecular weight is 457 g/mol. The van der Waals surface area contributed by atoms with Crippen molar-refractivity contribution in [2.75, 3.05) is 0 Å². The number of allylic oxidation sites excluding steroid dienone is 2. The molecule has 0 aromatic carbocycles. The molecule has 0 aromatic rings. The molecule has 0 bridgehead atoms. The van der Waals surface area contributed by atoms with E-state index in [4.69, 9.17) is 0 Å². The van der Waals surface area contributed by atoms with Crippen LogP contribution in [0.3, 0.4) is 0 Å². The lowest BCUT2D eigenvalue weighted by Gasteiger charge is -2.71. The second kappa shape index (κ2) is 7.11. The van der Waals surface area contributed by atoms with E-state index >= 15 is 0 Å². The fraction of sp³-hybridized carbons (Fsp3) is 0.900. The van der Waals surface area contributed by atoms with Crippen molar-refractivity contribution in [3.05, 3.63) is 11.6 Å². The Balaban J connectivity index is 1.61. The van der Waals surface area contributed by atoms with E-state index in [9.17, 15) is 15.0 Å². The highest BCUT2D eigenvalue weighted by atomic mass is 16.4. The molecule has 0 unspecified atom stereocenters. The molecule has 0 amide bonds. The Kier molecular flexibility index (Phi) is 5.15. The summed E-state index contributed by atoms with van der Waals surface area (Å²) >= 11 is 0. The van der Waals surface area contributed by atoms with E-state index in [0.717, 1.165) is 44.9 Å². The molecule has 0 spiro atoms. The minimum Gasteiger partial charge on any atom is -0.481 e. The summed E-state index contributed by atoms with van der Waals surface area (Å²) in [4.78, 5) is 12.8. The maximum Gasteiger partial charge on any atom is 0.310 e. The Hall–Kier alpha value is -0.830. The van der Waals surface area contributed by atoms with Crippen LogP contribution in [-0.2, 0) is 4.79 Å². The molecule has 4 fully saturated rings. The van der Waals surface area contributed by atoms with Crippen LogP contribution in [0, 0.1) is 56.7 Å². The van der Waals surface area contributed by atoms with Gasteiger partial charge in [-0.15, -0.1) is 0 Å². The van der Waals surface area contributed by atoms with E-state index in [2.05, 4.69) is 54.5 Å². The summed E-state index contributed by atoms with van der Waals surface area (Å²) in [6, 6.07) is 0. The Bertz CT molecular complexity index is 874. The van der Waals surface area contributed by atoms with Gasteiger partial charge in [-0.2, -0.15) is 0 Å². The van der Waals surface area contributed by atoms with Gasteiger partial charge in [0, 0.05) is 0 Å². The standard InChI is InChI=1S/C30H48O3/c1-18-10-15-30(25(32)33)17-16-28(6)20(24(30)19(18)2)8-9-22-27(5)13-12-23(31)26(3,4)21(27)11-14-29(22,28)7/h8,18-19,21-24,31H,9-17H2,1-7H3,(H,32,33)/t18-,19+,21+,22+,23+,24+,27+,28-,29-,30+/m1/s1. The number of carbonyl (C=O) groups is 1. The molecule has 4 saturated carbocycles. The van der Waals surface area contributed by atoms with Crippen LogP contribution in [0.1, 0.15) is 106 Å². The van der Waals surface area contributed by atoms with Gasteiger partial charge in [0.15, 0.2) is 0 Å². The zero-order valence-corrected chi connectivity index (χ0v) is 22.2. The molecule has 0 heterocycles. The number of aliphatic carboxylic acids is 1. The van der Waals surface area contributed by atoms with Gasteiger partial charge in [-0.1, -0.05) is 60.1 Å². The first-order valence-corrected chi connectivity index (χ1v) is 13.9. The summed E-state index contributed by atoms with van der Waals surface area (Å²) < 4.78 is 0. The second-order valence-corrected chi connectivity index (χ2v) is 14.5. The summed E-state index contributed by atoms with van der Waals surface area (Å²) in [5.41, 5.74) is 1.46. The lowest BCUT2D eigenvalue weighted by molar-refractivity contribution is -0.206. The van der Waals surface area contributed by atoms with Gasteiger partial charge in [0.25, 0.3) is 0 Å². The molecule has 3 heteroatoms. The highest BCUT2D eigenvalue weighted by Crippen LogP contribution is 2.75. The predicted octanol–water partition coefficient (Wildman–Crippen LogP) is 7.09.